The monoisotopic (exact) mass is 386 g/mol. The lowest BCUT2D eigenvalue weighted by atomic mass is 10.1. The molecule has 1 heterocycles. The average Bonchev–Trinajstić information content (AvgIpc) is 2.27. The molecule has 1 aromatic rings. The van der Waals surface area contributed by atoms with Crippen LogP contribution in [-0.2, 0) is 16.0 Å². The summed E-state index contributed by atoms with van der Waals surface area (Å²) >= 11 is 1.49. The van der Waals surface area contributed by atoms with Crippen LogP contribution in [-0.4, -0.2) is 22.5 Å². The number of ether oxygens (including phenoxy) is 1. The molecule has 0 spiro atoms. The van der Waals surface area contributed by atoms with Crippen molar-refractivity contribution in [2.75, 3.05) is 6.61 Å². The van der Waals surface area contributed by atoms with Crippen LogP contribution in [0.15, 0.2) is 6.07 Å². The third-order valence-corrected chi connectivity index (χ3v) is 2.83. The van der Waals surface area contributed by atoms with E-state index in [-0.39, 0.29) is 22.4 Å². The van der Waals surface area contributed by atoms with Gasteiger partial charge in [-0.2, -0.15) is 0 Å². The van der Waals surface area contributed by atoms with E-state index >= 15 is 0 Å². The number of rotatable bonds is 5. The van der Waals surface area contributed by atoms with Gasteiger partial charge >= 0.3 is 11.7 Å². The maximum absolute atomic E-state index is 12.8. The highest BCUT2D eigenvalue weighted by Crippen LogP contribution is 2.32. The van der Waals surface area contributed by atoms with E-state index in [4.69, 9.17) is 0 Å². The minimum Gasteiger partial charge on any atom is -0.466 e. The van der Waals surface area contributed by atoms with Crippen molar-refractivity contribution in [1.29, 1.82) is 0 Å². The molecule has 1 aromatic heterocycles. The molecule has 0 bridgehead atoms. The Morgan fingerprint density at radius 3 is 2.74 bits per heavy atom. The summed E-state index contributed by atoms with van der Waals surface area (Å²) in [6.07, 6.45) is -3.32. The van der Waals surface area contributed by atoms with Gasteiger partial charge in [0.05, 0.1) is 23.6 Å². The lowest BCUT2D eigenvalue weighted by molar-refractivity contribution is -0.387. The fourth-order valence-electron chi connectivity index (χ4n) is 1.38. The summed E-state index contributed by atoms with van der Waals surface area (Å²) in [5, 5.41) is 10.7. The van der Waals surface area contributed by atoms with E-state index < -0.39 is 28.6 Å². The number of carbonyl (C=O) groups excluding carboxylic acids is 1. The second kappa shape index (κ2) is 6.68. The molecule has 9 heteroatoms. The third-order valence-electron chi connectivity index (χ3n) is 2.08. The number of esters is 1. The van der Waals surface area contributed by atoms with Gasteiger partial charge in [-0.15, -0.1) is 0 Å². The van der Waals surface area contributed by atoms with Crippen molar-refractivity contribution in [2.45, 2.75) is 19.8 Å². The molecule has 0 radical (unpaired) electrons. The van der Waals surface area contributed by atoms with Gasteiger partial charge in [-0.1, -0.05) is 0 Å². The highest BCUT2D eigenvalue weighted by Gasteiger charge is 2.27. The van der Waals surface area contributed by atoms with Crippen LogP contribution in [0.5, 0.6) is 0 Å². The Hall–Kier alpha value is -1.39. The van der Waals surface area contributed by atoms with Crippen molar-refractivity contribution in [3.05, 3.63) is 31.1 Å². The average molecular weight is 386 g/mol. The first kappa shape index (κ1) is 15.7. The first-order valence-electron chi connectivity index (χ1n) is 5.14. The Balaban J connectivity index is 3.17. The third kappa shape index (κ3) is 4.04. The number of carbonyl (C=O) groups is 1. The molecule has 0 saturated carbocycles. The lowest BCUT2D eigenvalue weighted by Gasteiger charge is -2.07. The Kier molecular flexibility index (Phi) is 5.51. The highest BCUT2D eigenvalue weighted by atomic mass is 127. The van der Waals surface area contributed by atoms with Gasteiger partial charge < -0.3 is 4.74 Å². The first-order valence-corrected chi connectivity index (χ1v) is 6.22. The predicted molar refractivity (Wildman–Crippen MR) is 68.9 cm³/mol. The summed E-state index contributed by atoms with van der Waals surface area (Å²) in [4.78, 5) is 24.8. The molecule has 0 N–H and O–H groups in total. The largest absolute Gasteiger partial charge is 0.466 e. The second-order valence-corrected chi connectivity index (χ2v) is 4.40. The van der Waals surface area contributed by atoms with Gasteiger partial charge in [-0.25, -0.2) is 13.8 Å². The van der Waals surface area contributed by atoms with Crippen molar-refractivity contribution < 1.29 is 23.2 Å². The van der Waals surface area contributed by atoms with Crippen molar-refractivity contribution in [3.63, 3.8) is 0 Å². The lowest BCUT2D eigenvalue weighted by Crippen LogP contribution is -2.11. The second-order valence-electron chi connectivity index (χ2n) is 3.38. The number of nitrogens with zero attached hydrogens (tertiary/aromatic N) is 2. The quantitative estimate of drug-likeness (QED) is 0.256. The maximum Gasteiger partial charge on any atom is 0.311 e. The number of halogens is 3. The van der Waals surface area contributed by atoms with Crippen LogP contribution in [0.1, 0.15) is 24.6 Å². The van der Waals surface area contributed by atoms with Gasteiger partial charge in [-0.05, 0) is 35.6 Å². The Bertz CT molecular complexity index is 511. The normalized spacial score (nSPS) is 10.6. The van der Waals surface area contributed by atoms with Gasteiger partial charge in [0.25, 0.3) is 6.43 Å². The predicted octanol–water partition coefficient (Wildman–Crippen LogP) is 2.64. The molecule has 1 rings (SSSR count). The SMILES string of the molecule is CCOC(=O)Cc1cc(C(F)F)c([N+](=O)[O-])c(I)n1. The maximum atomic E-state index is 12.8. The zero-order valence-corrected chi connectivity index (χ0v) is 11.9. The summed E-state index contributed by atoms with van der Waals surface area (Å²) < 4.78 is 30.0. The number of nitro groups is 1. The van der Waals surface area contributed by atoms with E-state index in [1.165, 1.54) is 22.6 Å². The van der Waals surface area contributed by atoms with Crippen LogP contribution < -0.4 is 0 Å². The molecule has 0 unspecified atom stereocenters. The van der Waals surface area contributed by atoms with Crippen LogP contribution in [0, 0.1) is 13.8 Å². The molecule has 0 aliphatic heterocycles. The summed E-state index contributed by atoms with van der Waals surface area (Å²) in [6, 6.07) is 0.863. The van der Waals surface area contributed by atoms with Gasteiger partial charge in [0.1, 0.15) is 5.56 Å². The molecule has 0 atom stereocenters. The van der Waals surface area contributed by atoms with E-state index in [1.54, 1.807) is 6.92 Å². The molecule has 19 heavy (non-hydrogen) atoms. The first-order chi connectivity index (χ1) is 8.86. The van der Waals surface area contributed by atoms with E-state index in [2.05, 4.69) is 9.72 Å². The molecule has 6 nitrogen and oxygen atoms in total. The standard InChI is InChI=1S/C10H9F2IN2O4/c1-2-19-7(16)4-5-3-6(9(11)12)8(15(17)18)10(13)14-5/h3,9H,2,4H2,1H3. The summed E-state index contributed by atoms with van der Waals surface area (Å²) in [7, 11) is 0. The number of hydrogen-bond donors (Lipinski definition) is 0. The number of alkyl halides is 2. The summed E-state index contributed by atoms with van der Waals surface area (Å²) in [6.45, 7) is 1.76. The van der Waals surface area contributed by atoms with Gasteiger partial charge in [0.2, 0.25) is 0 Å². The molecule has 0 saturated heterocycles. The molecular weight excluding hydrogens is 377 g/mol. The number of hydrogen-bond acceptors (Lipinski definition) is 5. The van der Waals surface area contributed by atoms with Crippen molar-refractivity contribution in [1.82, 2.24) is 4.98 Å². The van der Waals surface area contributed by atoms with Crippen LogP contribution in [0.25, 0.3) is 0 Å². The van der Waals surface area contributed by atoms with Crippen LogP contribution in [0.4, 0.5) is 14.5 Å². The Morgan fingerprint density at radius 1 is 1.63 bits per heavy atom. The summed E-state index contributed by atoms with van der Waals surface area (Å²) in [5.41, 5.74) is -1.46. The zero-order chi connectivity index (χ0) is 14.6. The fraction of sp³-hybridized carbons (Fsp3) is 0.400. The molecule has 0 fully saturated rings. The fourth-order valence-corrected chi connectivity index (χ4v) is 2.19. The highest BCUT2D eigenvalue weighted by molar-refractivity contribution is 14.1. The van der Waals surface area contributed by atoms with Gasteiger partial charge in [0.15, 0.2) is 3.70 Å². The molecule has 0 aliphatic rings. The molecular formula is C10H9F2IN2O4. The van der Waals surface area contributed by atoms with Gasteiger partial charge in [0, 0.05) is 0 Å². The smallest absolute Gasteiger partial charge is 0.311 e. The van der Waals surface area contributed by atoms with Crippen molar-refractivity contribution >= 4 is 34.2 Å². The zero-order valence-electron chi connectivity index (χ0n) is 9.73. The van der Waals surface area contributed by atoms with Crippen molar-refractivity contribution in [3.8, 4) is 0 Å². The van der Waals surface area contributed by atoms with Crippen molar-refractivity contribution in [2.24, 2.45) is 0 Å². The Morgan fingerprint density at radius 2 is 2.26 bits per heavy atom. The minimum absolute atomic E-state index is 0.0174. The minimum atomic E-state index is -3.02. The van der Waals surface area contributed by atoms with E-state index in [0.717, 1.165) is 6.07 Å². The number of pyridine rings is 1. The van der Waals surface area contributed by atoms with E-state index in [0.29, 0.717) is 0 Å². The van der Waals surface area contributed by atoms with Crippen LogP contribution >= 0.6 is 22.6 Å². The van der Waals surface area contributed by atoms with E-state index in [9.17, 15) is 23.7 Å². The molecule has 0 aromatic carbocycles. The number of aromatic nitrogens is 1. The molecule has 0 aliphatic carbocycles. The molecule has 0 amide bonds. The topological polar surface area (TPSA) is 82.3 Å². The molecule has 104 valence electrons. The van der Waals surface area contributed by atoms with Crippen LogP contribution in [0.2, 0.25) is 0 Å². The van der Waals surface area contributed by atoms with E-state index in [1.807, 2.05) is 0 Å². The van der Waals surface area contributed by atoms with Crippen LogP contribution in [0.3, 0.4) is 0 Å². The Labute approximate surface area is 120 Å². The van der Waals surface area contributed by atoms with Gasteiger partial charge in [-0.3, -0.25) is 14.9 Å². The summed E-state index contributed by atoms with van der Waals surface area (Å²) in [5.74, 6) is -0.625.